The van der Waals surface area contributed by atoms with Crippen LogP contribution in [0, 0.1) is 17.6 Å². The maximum absolute atomic E-state index is 15.3. The molecule has 0 bridgehead atoms. The largest absolute Gasteiger partial charge is 0.374 e. The number of aromatic nitrogens is 2. The first-order valence-electron chi connectivity index (χ1n) is 21.5. The summed E-state index contributed by atoms with van der Waals surface area (Å²) in [4.78, 5) is 49.3. The van der Waals surface area contributed by atoms with E-state index in [1.54, 1.807) is 4.90 Å². The molecule has 5 fully saturated rings. The van der Waals surface area contributed by atoms with Gasteiger partial charge in [-0.2, -0.15) is 0 Å². The number of amides is 3. The van der Waals surface area contributed by atoms with Gasteiger partial charge in [0.1, 0.15) is 17.6 Å². The minimum absolute atomic E-state index is 0.105. The van der Waals surface area contributed by atoms with Gasteiger partial charge in [-0.25, -0.2) is 28.8 Å². The Hall–Kier alpha value is -4.53. The third kappa shape index (κ3) is 9.50. The number of anilines is 3. The van der Waals surface area contributed by atoms with Crippen molar-refractivity contribution in [2.24, 2.45) is 5.92 Å². The molecule has 0 radical (unpaired) electrons. The fraction of sp³-hybridized carbons (Fsp3) is 0.568. The van der Waals surface area contributed by atoms with Crippen molar-refractivity contribution < 1.29 is 23.2 Å². The van der Waals surface area contributed by atoms with Crippen LogP contribution >= 0.6 is 0 Å². The van der Waals surface area contributed by atoms with Crippen LogP contribution in [-0.2, 0) is 14.4 Å². The number of piperidine rings is 4. The number of benzene rings is 2. The number of carbonyl (C=O) groups excluding carboxylic acids is 3. The number of carbonyl (C=O) groups is 3. The summed E-state index contributed by atoms with van der Waals surface area (Å²) in [5.41, 5.74) is 2.97. The smallest absolute Gasteiger partial charge is 0.249 e. The van der Waals surface area contributed by atoms with Crippen molar-refractivity contribution >= 4 is 35.0 Å². The minimum atomic E-state index is -0.529. The number of imide groups is 1. The van der Waals surface area contributed by atoms with E-state index in [-0.39, 0.29) is 47.6 Å². The number of hydrogen-bond donors (Lipinski definition) is 3. The average Bonchev–Trinajstić information content (AvgIpc) is 3.23. The predicted molar refractivity (Wildman–Crippen MR) is 220 cm³/mol. The molecule has 3 aromatic rings. The van der Waals surface area contributed by atoms with Gasteiger partial charge in [0, 0.05) is 75.1 Å². The molecule has 3 amide bonds. The lowest BCUT2D eigenvalue weighted by Gasteiger charge is -2.44. The highest BCUT2D eigenvalue weighted by Gasteiger charge is 2.32. The van der Waals surface area contributed by atoms with Gasteiger partial charge in [0.2, 0.25) is 23.7 Å². The van der Waals surface area contributed by atoms with Crippen LogP contribution in [0.3, 0.4) is 0 Å². The Labute approximate surface area is 340 Å². The Kier molecular flexibility index (Phi) is 12.6. The molecule has 1 saturated carbocycles. The molecule has 12 nitrogen and oxygen atoms in total. The maximum atomic E-state index is 15.3. The van der Waals surface area contributed by atoms with E-state index >= 15 is 8.78 Å². The van der Waals surface area contributed by atoms with E-state index in [0.29, 0.717) is 48.5 Å². The first-order valence-corrected chi connectivity index (χ1v) is 21.5. The van der Waals surface area contributed by atoms with Crippen molar-refractivity contribution in [3.8, 4) is 11.3 Å². The van der Waals surface area contributed by atoms with Crippen molar-refractivity contribution in [3.05, 3.63) is 65.9 Å². The summed E-state index contributed by atoms with van der Waals surface area (Å²) < 4.78 is 30.3. The molecule has 5 heterocycles. The first kappa shape index (κ1) is 40.3. The topological polar surface area (TPSA) is 126 Å². The second-order valence-corrected chi connectivity index (χ2v) is 17.0. The van der Waals surface area contributed by atoms with Crippen LogP contribution in [0.5, 0.6) is 0 Å². The summed E-state index contributed by atoms with van der Waals surface area (Å²) in [7, 11) is 2.24. The zero-order chi connectivity index (χ0) is 40.2. The lowest BCUT2D eigenvalue weighted by Crippen LogP contribution is -2.52. The summed E-state index contributed by atoms with van der Waals surface area (Å²) in [6.07, 6.45) is 12.6. The third-order valence-electron chi connectivity index (χ3n) is 13.2. The van der Waals surface area contributed by atoms with Crippen molar-refractivity contribution in [1.29, 1.82) is 0 Å². The van der Waals surface area contributed by atoms with Crippen LogP contribution in [0.15, 0.2) is 48.7 Å². The molecule has 310 valence electrons. The van der Waals surface area contributed by atoms with Crippen molar-refractivity contribution in [2.75, 3.05) is 61.8 Å². The van der Waals surface area contributed by atoms with Crippen molar-refractivity contribution in [1.82, 2.24) is 30.2 Å². The molecule has 2 aromatic carbocycles. The van der Waals surface area contributed by atoms with Crippen LogP contribution in [0.2, 0.25) is 0 Å². The third-order valence-corrected chi connectivity index (χ3v) is 13.2. The van der Waals surface area contributed by atoms with Crippen LogP contribution < -0.4 is 20.9 Å². The Morgan fingerprint density at radius 3 is 2.36 bits per heavy atom. The van der Waals surface area contributed by atoms with Gasteiger partial charge in [-0.1, -0.05) is 18.2 Å². The molecule has 4 aliphatic heterocycles. The van der Waals surface area contributed by atoms with Gasteiger partial charge in [0.15, 0.2) is 5.82 Å². The van der Waals surface area contributed by atoms with Crippen LogP contribution in [0.4, 0.5) is 26.1 Å². The zero-order valence-electron chi connectivity index (χ0n) is 33.6. The van der Waals surface area contributed by atoms with Gasteiger partial charge in [-0.3, -0.25) is 19.7 Å². The second kappa shape index (κ2) is 18.2. The van der Waals surface area contributed by atoms with Gasteiger partial charge in [0.25, 0.3) is 0 Å². The molecule has 5 aliphatic rings. The molecule has 0 spiro atoms. The average molecular weight is 798 g/mol. The quantitative estimate of drug-likeness (QED) is 0.190. The molecule has 1 aliphatic carbocycles. The van der Waals surface area contributed by atoms with Gasteiger partial charge >= 0.3 is 0 Å². The highest BCUT2D eigenvalue weighted by Crippen LogP contribution is 2.34. The van der Waals surface area contributed by atoms with E-state index in [2.05, 4.69) is 47.9 Å². The van der Waals surface area contributed by atoms with E-state index in [0.717, 1.165) is 95.3 Å². The van der Waals surface area contributed by atoms with E-state index in [1.807, 2.05) is 36.4 Å². The fourth-order valence-electron chi connectivity index (χ4n) is 9.74. The number of nitrogens with zero attached hydrogens (tertiary/aromatic N) is 6. The summed E-state index contributed by atoms with van der Waals surface area (Å²) in [5, 5.41) is 13.9. The monoisotopic (exact) mass is 797 g/mol. The highest BCUT2D eigenvalue weighted by molar-refractivity contribution is 6.01. The van der Waals surface area contributed by atoms with Crippen LogP contribution in [0.25, 0.3) is 11.3 Å². The highest BCUT2D eigenvalue weighted by atomic mass is 19.1. The number of halogens is 2. The van der Waals surface area contributed by atoms with E-state index in [4.69, 9.17) is 0 Å². The second-order valence-electron chi connectivity index (χ2n) is 17.0. The number of hydrazine groups is 1. The molecule has 58 heavy (non-hydrogen) atoms. The summed E-state index contributed by atoms with van der Waals surface area (Å²) in [5.74, 6) is 0.0346. The normalized spacial score (nSPS) is 24.6. The molecule has 1 unspecified atom stereocenters. The molecule has 1 aromatic heterocycles. The Bertz CT molecular complexity index is 1940. The van der Waals surface area contributed by atoms with Gasteiger partial charge in [-0.15, -0.1) is 0 Å². The zero-order valence-corrected chi connectivity index (χ0v) is 33.6. The van der Waals surface area contributed by atoms with Crippen molar-refractivity contribution in [2.45, 2.75) is 108 Å². The summed E-state index contributed by atoms with van der Waals surface area (Å²) >= 11 is 0. The molecular weight excluding hydrogens is 741 g/mol. The lowest BCUT2D eigenvalue weighted by molar-refractivity contribution is -0.133. The SMILES string of the molecule is CN(C1CCC(Nc2ncc(F)c(-c3cccc(N4CCCCC4=O)c3)n2)CC1)N1CCC(CN2CCC(c3ccc(NC4CCC(=O)NC4=O)cc3F)CC2)CC1. The van der Waals surface area contributed by atoms with E-state index in [1.165, 1.54) is 25.1 Å². The predicted octanol–water partition coefficient (Wildman–Crippen LogP) is 6.32. The number of hydrogen-bond acceptors (Lipinski definition) is 10. The first-order chi connectivity index (χ1) is 28.2. The molecule has 8 rings (SSSR count). The van der Waals surface area contributed by atoms with Gasteiger partial charge in [-0.05, 0) is 125 Å². The molecule has 3 N–H and O–H groups in total. The molecule has 4 saturated heterocycles. The Balaban J connectivity index is 0.754. The number of rotatable bonds is 11. The van der Waals surface area contributed by atoms with E-state index < -0.39 is 11.9 Å². The van der Waals surface area contributed by atoms with Crippen molar-refractivity contribution in [3.63, 3.8) is 0 Å². The Morgan fingerprint density at radius 1 is 0.828 bits per heavy atom. The van der Waals surface area contributed by atoms with Gasteiger partial charge < -0.3 is 20.4 Å². The molecular formula is C44H57F2N9O3. The molecule has 1 atom stereocenters. The number of likely N-dealkylation sites (tertiary alicyclic amines) is 1. The van der Waals surface area contributed by atoms with E-state index in [9.17, 15) is 14.4 Å². The lowest BCUT2D eigenvalue weighted by atomic mass is 9.87. The Morgan fingerprint density at radius 2 is 1.62 bits per heavy atom. The van der Waals surface area contributed by atoms with Gasteiger partial charge in [0.05, 0.1) is 6.20 Å². The summed E-state index contributed by atoms with van der Waals surface area (Å²) in [6.45, 7) is 5.82. The van der Waals surface area contributed by atoms with Crippen LogP contribution in [0.1, 0.15) is 95.0 Å². The standard InChI is InChI=1S/C44H57F2N9O3/c1-52(34-11-8-32(9-12-34)49-44-47-27-38(46)42(51-44)31-5-4-6-35(25-31)55-20-3-2-7-41(55)57)54-23-16-29(17-24-54)28-53-21-18-30(19-22-53)36-13-10-33(26-37(36)45)48-39-14-15-40(56)50-43(39)58/h4-6,10,13,25-27,29-30,32,34,39,48H,2-3,7-9,11-12,14-24,28H2,1H3,(H,47,49,51)(H,50,56,58). The van der Waals surface area contributed by atoms with Crippen LogP contribution in [-0.4, -0.2) is 107 Å². The summed E-state index contributed by atoms with van der Waals surface area (Å²) in [6, 6.07) is 12.8. The molecule has 14 heteroatoms. The minimum Gasteiger partial charge on any atom is -0.374 e. The fourth-order valence-corrected chi connectivity index (χ4v) is 9.74. The number of nitrogens with one attached hydrogen (secondary N) is 3. The maximum Gasteiger partial charge on any atom is 0.249 e.